The number of rotatable bonds is 8. The Morgan fingerprint density at radius 2 is 2.07 bits per heavy atom. The Hall–Kier alpha value is -0.790. The minimum absolute atomic E-state index is 0.204. The molecule has 1 N–H and O–H groups in total. The molecule has 0 spiro atoms. The van der Waals surface area contributed by atoms with Crippen LogP contribution < -0.4 is 0 Å². The molecular weight excluding hydrogens is 176 g/mol. The summed E-state index contributed by atoms with van der Waals surface area (Å²) in [6, 6.07) is 0. The minimum atomic E-state index is -0.678. The van der Waals surface area contributed by atoms with Gasteiger partial charge in [0.15, 0.2) is 0 Å². The van der Waals surface area contributed by atoms with E-state index in [0.29, 0.717) is 5.92 Å². The number of carbonyl (C=O) groups is 1. The molecule has 0 bridgehead atoms. The van der Waals surface area contributed by atoms with Crippen LogP contribution in [0.4, 0.5) is 0 Å². The number of hydrogen-bond acceptors (Lipinski definition) is 1. The van der Waals surface area contributed by atoms with Crippen LogP contribution in [0.3, 0.4) is 0 Å². The SMILES string of the molecule is C=CCCCC[C@@H](C)C[C@H](C)C(=O)O. The molecule has 0 saturated heterocycles. The average Bonchev–Trinajstić information content (AvgIpc) is 2.12. The van der Waals surface area contributed by atoms with E-state index < -0.39 is 5.97 Å². The summed E-state index contributed by atoms with van der Waals surface area (Å²) in [6.07, 6.45) is 7.29. The molecule has 0 aliphatic rings. The first-order valence-corrected chi connectivity index (χ1v) is 5.41. The van der Waals surface area contributed by atoms with Gasteiger partial charge in [0.2, 0.25) is 0 Å². The van der Waals surface area contributed by atoms with Gasteiger partial charge < -0.3 is 5.11 Å². The van der Waals surface area contributed by atoms with Gasteiger partial charge in [-0.2, -0.15) is 0 Å². The van der Waals surface area contributed by atoms with Gasteiger partial charge in [0.05, 0.1) is 5.92 Å². The van der Waals surface area contributed by atoms with Gasteiger partial charge in [0.1, 0.15) is 0 Å². The lowest BCUT2D eigenvalue weighted by molar-refractivity contribution is -0.141. The van der Waals surface area contributed by atoms with E-state index in [1.807, 2.05) is 6.08 Å². The molecule has 82 valence electrons. The van der Waals surface area contributed by atoms with Crippen molar-refractivity contribution in [2.45, 2.75) is 46.0 Å². The van der Waals surface area contributed by atoms with Gasteiger partial charge in [-0.05, 0) is 25.2 Å². The van der Waals surface area contributed by atoms with E-state index in [1.165, 1.54) is 12.8 Å². The summed E-state index contributed by atoms with van der Waals surface area (Å²) in [6.45, 7) is 7.58. The van der Waals surface area contributed by atoms with Crippen molar-refractivity contribution in [3.63, 3.8) is 0 Å². The molecule has 0 aliphatic carbocycles. The van der Waals surface area contributed by atoms with Crippen molar-refractivity contribution >= 4 is 5.97 Å². The molecule has 0 saturated carbocycles. The Morgan fingerprint density at radius 3 is 2.57 bits per heavy atom. The highest BCUT2D eigenvalue weighted by Crippen LogP contribution is 2.18. The summed E-state index contributed by atoms with van der Waals surface area (Å²) in [5.74, 6) is -0.363. The van der Waals surface area contributed by atoms with Crippen LogP contribution in [0.2, 0.25) is 0 Å². The van der Waals surface area contributed by atoms with E-state index in [4.69, 9.17) is 5.11 Å². The van der Waals surface area contributed by atoms with E-state index in [2.05, 4.69) is 13.5 Å². The van der Waals surface area contributed by atoms with Crippen LogP contribution in [0.15, 0.2) is 12.7 Å². The number of hydrogen-bond donors (Lipinski definition) is 1. The summed E-state index contributed by atoms with van der Waals surface area (Å²) < 4.78 is 0. The Kier molecular flexibility index (Phi) is 7.17. The van der Waals surface area contributed by atoms with Gasteiger partial charge in [0, 0.05) is 0 Å². The lowest BCUT2D eigenvalue weighted by Crippen LogP contribution is -2.13. The molecule has 0 rings (SSSR count). The zero-order chi connectivity index (χ0) is 11.0. The third kappa shape index (κ3) is 6.70. The first kappa shape index (κ1) is 13.2. The topological polar surface area (TPSA) is 37.3 Å². The van der Waals surface area contributed by atoms with Crippen molar-refractivity contribution in [3.05, 3.63) is 12.7 Å². The lowest BCUT2D eigenvalue weighted by atomic mass is 9.93. The van der Waals surface area contributed by atoms with Crippen molar-refractivity contribution < 1.29 is 9.90 Å². The number of aliphatic carboxylic acids is 1. The van der Waals surface area contributed by atoms with Crippen LogP contribution in [-0.4, -0.2) is 11.1 Å². The monoisotopic (exact) mass is 198 g/mol. The third-order valence-corrected chi connectivity index (χ3v) is 2.53. The molecule has 0 aromatic carbocycles. The van der Waals surface area contributed by atoms with Gasteiger partial charge in [-0.1, -0.05) is 32.8 Å². The van der Waals surface area contributed by atoms with Crippen molar-refractivity contribution in [1.82, 2.24) is 0 Å². The van der Waals surface area contributed by atoms with Crippen LogP contribution in [-0.2, 0) is 4.79 Å². The quantitative estimate of drug-likeness (QED) is 0.479. The zero-order valence-electron chi connectivity index (χ0n) is 9.33. The number of carboxylic acids is 1. The molecule has 0 radical (unpaired) electrons. The molecule has 14 heavy (non-hydrogen) atoms. The van der Waals surface area contributed by atoms with Crippen molar-refractivity contribution in [2.24, 2.45) is 11.8 Å². The van der Waals surface area contributed by atoms with E-state index in [9.17, 15) is 4.79 Å². The average molecular weight is 198 g/mol. The van der Waals surface area contributed by atoms with Crippen LogP contribution in [0, 0.1) is 11.8 Å². The maximum absolute atomic E-state index is 10.6. The third-order valence-electron chi connectivity index (χ3n) is 2.53. The second-order valence-electron chi connectivity index (χ2n) is 4.15. The van der Waals surface area contributed by atoms with Crippen LogP contribution in [0.1, 0.15) is 46.0 Å². The molecule has 0 aromatic rings. The van der Waals surface area contributed by atoms with Gasteiger partial charge in [-0.25, -0.2) is 0 Å². The minimum Gasteiger partial charge on any atom is -0.481 e. The first-order valence-electron chi connectivity index (χ1n) is 5.41. The summed E-state index contributed by atoms with van der Waals surface area (Å²) in [7, 11) is 0. The molecule has 2 heteroatoms. The standard InChI is InChI=1S/C12H22O2/c1-4-5-6-7-8-10(2)9-11(3)12(13)14/h4,10-11H,1,5-9H2,2-3H3,(H,13,14)/t10-,11+/m1/s1. The molecule has 0 unspecified atom stereocenters. The van der Waals surface area contributed by atoms with Crippen molar-refractivity contribution in [1.29, 1.82) is 0 Å². The van der Waals surface area contributed by atoms with Crippen LogP contribution >= 0.6 is 0 Å². The van der Waals surface area contributed by atoms with Gasteiger partial charge in [-0.15, -0.1) is 6.58 Å². The Labute approximate surface area is 87.0 Å². The lowest BCUT2D eigenvalue weighted by Gasteiger charge is -2.13. The fourth-order valence-electron chi connectivity index (χ4n) is 1.60. The predicted octanol–water partition coefficient (Wildman–Crippen LogP) is 3.48. The van der Waals surface area contributed by atoms with Crippen molar-refractivity contribution in [3.8, 4) is 0 Å². The second kappa shape index (κ2) is 7.60. The molecule has 0 aromatic heterocycles. The van der Waals surface area contributed by atoms with Crippen molar-refractivity contribution in [2.75, 3.05) is 0 Å². The van der Waals surface area contributed by atoms with E-state index in [0.717, 1.165) is 19.3 Å². The Morgan fingerprint density at radius 1 is 1.43 bits per heavy atom. The molecule has 0 amide bonds. The molecule has 2 nitrogen and oxygen atoms in total. The highest BCUT2D eigenvalue weighted by molar-refractivity contribution is 5.69. The molecule has 0 aliphatic heterocycles. The summed E-state index contributed by atoms with van der Waals surface area (Å²) in [5.41, 5.74) is 0. The highest BCUT2D eigenvalue weighted by Gasteiger charge is 2.14. The van der Waals surface area contributed by atoms with Crippen LogP contribution in [0.5, 0.6) is 0 Å². The number of unbranched alkanes of at least 4 members (excludes halogenated alkanes) is 2. The highest BCUT2D eigenvalue weighted by atomic mass is 16.4. The molecule has 0 heterocycles. The summed E-state index contributed by atoms with van der Waals surface area (Å²) in [4.78, 5) is 10.6. The number of allylic oxidation sites excluding steroid dienone is 1. The predicted molar refractivity (Wildman–Crippen MR) is 59.2 cm³/mol. The second-order valence-corrected chi connectivity index (χ2v) is 4.15. The summed E-state index contributed by atoms with van der Waals surface area (Å²) >= 11 is 0. The number of carboxylic acid groups (broad SMARTS) is 1. The van der Waals surface area contributed by atoms with E-state index in [-0.39, 0.29) is 5.92 Å². The van der Waals surface area contributed by atoms with E-state index >= 15 is 0 Å². The van der Waals surface area contributed by atoms with Gasteiger partial charge in [-0.3, -0.25) is 4.79 Å². The fraction of sp³-hybridized carbons (Fsp3) is 0.750. The maximum atomic E-state index is 10.6. The van der Waals surface area contributed by atoms with E-state index in [1.54, 1.807) is 6.92 Å². The molecular formula is C12H22O2. The molecule has 2 atom stereocenters. The summed E-state index contributed by atoms with van der Waals surface area (Å²) in [5, 5.41) is 8.73. The van der Waals surface area contributed by atoms with Crippen LogP contribution in [0.25, 0.3) is 0 Å². The Balaban J connectivity index is 3.49. The molecule has 0 fully saturated rings. The normalized spacial score (nSPS) is 14.7. The smallest absolute Gasteiger partial charge is 0.306 e. The zero-order valence-corrected chi connectivity index (χ0v) is 9.33. The first-order chi connectivity index (χ1) is 6.57. The maximum Gasteiger partial charge on any atom is 0.306 e. The van der Waals surface area contributed by atoms with Gasteiger partial charge >= 0.3 is 5.97 Å². The largest absolute Gasteiger partial charge is 0.481 e. The Bertz CT molecular complexity index is 175. The van der Waals surface area contributed by atoms with Gasteiger partial charge in [0.25, 0.3) is 0 Å². The fourth-order valence-corrected chi connectivity index (χ4v) is 1.60.